The molecule has 0 aliphatic carbocycles. The van der Waals surface area contributed by atoms with Gasteiger partial charge in [-0.15, -0.1) is 0 Å². The minimum atomic E-state index is 0.521. The molecule has 3 rings (SSSR count). The Morgan fingerprint density at radius 1 is 1.21 bits per heavy atom. The first-order chi connectivity index (χ1) is 11.6. The molecule has 3 aromatic rings. The molecular weight excluding hydrogens is 344 g/mol. The molecule has 0 bridgehead atoms. The molecule has 8 heteroatoms. The average molecular weight is 361 g/mol. The van der Waals surface area contributed by atoms with Gasteiger partial charge >= 0.3 is 0 Å². The second kappa shape index (κ2) is 7.46. The highest BCUT2D eigenvalue weighted by Gasteiger charge is 2.04. The van der Waals surface area contributed by atoms with Crippen LogP contribution < -0.4 is 10.6 Å². The van der Waals surface area contributed by atoms with E-state index in [-0.39, 0.29) is 0 Å². The molecule has 1 aromatic carbocycles. The van der Waals surface area contributed by atoms with Crippen molar-refractivity contribution in [1.82, 2.24) is 24.9 Å². The molecule has 2 N–H and O–H groups in total. The summed E-state index contributed by atoms with van der Waals surface area (Å²) in [4.78, 5) is 0. The molecule has 0 aliphatic heterocycles. The summed E-state index contributed by atoms with van der Waals surface area (Å²) in [6.07, 6.45) is 3.66. The largest absolute Gasteiger partial charge is 0.357 e. The van der Waals surface area contributed by atoms with Crippen molar-refractivity contribution in [2.24, 2.45) is 7.05 Å². The molecule has 0 saturated carbocycles. The lowest BCUT2D eigenvalue weighted by Crippen LogP contribution is -2.28. The Hall–Kier alpha value is -2.38. The second-order valence-electron chi connectivity index (χ2n) is 5.28. The summed E-state index contributed by atoms with van der Waals surface area (Å²) in [6, 6.07) is 11.5. The smallest absolute Gasteiger partial charge is 0.172 e. The zero-order chi connectivity index (χ0) is 16.9. The molecular formula is C16H17ClN6S. The van der Waals surface area contributed by atoms with Gasteiger partial charge in [0.25, 0.3) is 0 Å². The van der Waals surface area contributed by atoms with Crippen molar-refractivity contribution in [3.63, 3.8) is 0 Å². The first kappa shape index (κ1) is 16.5. The number of nitrogens with zero attached hydrogens (tertiary/aromatic N) is 4. The Kier molecular flexibility index (Phi) is 5.12. The maximum atomic E-state index is 5.89. The molecule has 6 nitrogen and oxygen atoms in total. The van der Waals surface area contributed by atoms with E-state index in [1.165, 1.54) is 0 Å². The average Bonchev–Trinajstić information content (AvgIpc) is 3.17. The van der Waals surface area contributed by atoms with Crippen LogP contribution in [0.25, 0.3) is 0 Å². The van der Waals surface area contributed by atoms with E-state index in [0.717, 1.165) is 16.3 Å². The number of hydrogen-bond acceptors (Lipinski definition) is 3. The predicted molar refractivity (Wildman–Crippen MR) is 99.0 cm³/mol. The number of aromatic nitrogens is 4. The fourth-order valence-electron chi connectivity index (χ4n) is 2.20. The van der Waals surface area contributed by atoms with Gasteiger partial charge in [0.2, 0.25) is 0 Å². The third-order valence-corrected chi connectivity index (χ3v) is 3.99. The van der Waals surface area contributed by atoms with Gasteiger partial charge in [0.15, 0.2) is 10.9 Å². The summed E-state index contributed by atoms with van der Waals surface area (Å²) in [6.45, 7) is 1.28. The molecule has 0 unspecified atom stereocenters. The molecule has 0 saturated heterocycles. The first-order valence-electron chi connectivity index (χ1n) is 7.40. The fourth-order valence-corrected chi connectivity index (χ4v) is 2.50. The maximum Gasteiger partial charge on any atom is 0.172 e. The van der Waals surface area contributed by atoms with Crippen molar-refractivity contribution in [3.05, 3.63) is 65.1 Å². The van der Waals surface area contributed by atoms with Crippen LogP contribution >= 0.6 is 23.8 Å². The van der Waals surface area contributed by atoms with E-state index in [0.29, 0.717) is 24.0 Å². The standard InChI is InChI=1S/C16H17ClN6S/c1-22-14(6-8-19-22)10-18-16(24)20-15-7-9-23(21-15)11-12-2-4-13(17)5-3-12/h2-9H,10-11H2,1H3,(H2,18,20,21,24). The van der Waals surface area contributed by atoms with Crippen LogP contribution in [0.5, 0.6) is 0 Å². The van der Waals surface area contributed by atoms with E-state index in [1.807, 2.05) is 54.3 Å². The minimum absolute atomic E-state index is 0.521. The highest BCUT2D eigenvalue weighted by Crippen LogP contribution is 2.11. The number of rotatable bonds is 5. The Morgan fingerprint density at radius 3 is 2.71 bits per heavy atom. The third-order valence-electron chi connectivity index (χ3n) is 3.49. The van der Waals surface area contributed by atoms with E-state index >= 15 is 0 Å². The van der Waals surface area contributed by atoms with Gasteiger partial charge < -0.3 is 10.6 Å². The molecule has 0 atom stereocenters. The van der Waals surface area contributed by atoms with Crippen LogP contribution in [-0.2, 0) is 20.1 Å². The summed E-state index contributed by atoms with van der Waals surface area (Å²) in [5.74, 6) is 0.700. The topological polar surface area (TPSA) is 59.7 Å². The summed E-state index contributed by atoms with van der Waals surface area (Å²) in [5.41, 5.74) is 2.18. The number of hydrogen-bond donors (Lipinski definition) is 2. The number of anilines is 1. The molecule has 124 valence electrons. The van der Waals surface area contributed by atoms with Crippen molar-refractivity contribution in [1.29, 1.82) is 0 Å². The van der Waals surface area contributed by atoms with E-state index < -0.39 is 0 Å². The van der Waals surface area contributed by atoms with Crippen LogP contribution in [0.4, 0.5) is 5.82 Å². The molecule has 0 amide bonds. The van der Waals surface area contributed by atoms with Crippen LogP contribution in [-0.4, -0.2) is 24.7 Å². The summed E-state index contributed by atoms with van der Waals surface area (Å²) >= 11 is 11.2. The summed E-state index contributed by atoms with van der Waals surface area (Å²) in [5, 5.41) is 16.0. The minimum Gasteiger partial charge on any atom is -0.357 e. The van der Waals surface area contributed by atoms with Gasteiger partial charge in [-0.25, -0.2) is 0 Å². The monoisotopic (exact) mass is 360 g/mol. The molecule has 0 radical (unpaired) electrons. The summed E-state index contributed by atoms with van der Waals surface area (Å²) < 4.78 is 3.64. The molecule has 2 heterocycles. The van der Waals surface area contributed by atoms with Gasteiger partial charge in [0.1, 0.15) is 0 Å². The second-order valence-corrected chi connectivity index (χ2v) is 6.12. The Balaban J connectivity index is 1.52. The van der Waals surface area contributed by atoms with Gasteiger partial charge in [-0.3, -0.25) is 9.36 Å². The van der Waals surface area contributed by atoms with E-state index in [4.69, 9.17) is 23.8 Å². The summed E-state index contributed by atoms with van der Waals surface area (Å²) in [7, 11) is 1.89. The molecule has 0 aliphatic rings. The molecule has 0 fully saturated rings. The fraction of sp³-hybridized carbons (Fsp3) is 0.188. The van der Waals surface area contributed by atoms with Crippen LogP contribution in [0, 0.1) is 0 Å². The lowest BCUT2D eigenvalue weighted by molar-refractivity contribution is 0.688. The Morgan fingerprint density at radius 2 is 2.00 bits per heavy atom. The SMILES string of the molecule is Cn1nccc1CNC(=S)Nc1ccn(Cc2ccc(Cl)cc2)n1. The van der Waals surface area contributed by atoms with Crippen molar-refractivity contribution in [3.8, 4) is 0 Å². The van der Waals surface area contributed by atoms with Crippen LogP contribution in [0.2, 0.25) is 5.02 Å². The molecule has 24 heavy (non-hydrogen) atoms. The molecule has 0 spiro atoms. The van der Waals surface area contributed by atoms with Crippen LogP contribution in [0.1, 0.15) is 11.3 Å². The number of benzene rings is 1. The number of thiocarbonyl (C=S) groups is 1. The van der Waals surface area contributed by atoms with Crippen molar-refractivity contribution < 1.29 is 0 Å². The third kappa shape index (κ3) is 4.33. The van der Waals surface area contributed by atoms with Gasteiger partial charge in [0, 0.05) is 30.5 Å². The van der Waals surface area contributed by atoms with Crippen molar-refractivity contribution >= 4 is 34.7 Å². The number of aryl methyl sites for hydroxylation is 1. The van der Waals surface area contributed by atoms with Crippen LogP contribution in [0.15, 0.2) is 48.8 Å². The maximum absolute atomic E-state index is 5.89. The quantitative estimate of drug-likeness (QED) is 0.685. The zero-order valence-electron chi connectivity index (χ0n) is 13.1. The Bertz CT molecular complexity index is 823. The zero-order valence-corrected chi connectivity index (χ0v) is 14.7. The van der Waals surface area contributed by atoms with Gasteiger partial charge in [-0.05, 0) is 36.0 Å². The van der Waals surface area contributed by atoms with E-state index in [1.54, 1.807) is 10.9 Å². The highest BCUT2D eigenvalue weighted by atomic mass is 35.5. The predicted octanol–water partition coefficient (Wildman–Crippen LogP) is 2.80. The number of nitrogens with one attached hydrogen (secondary N) is 2. The lowest BCUT2D eigenvalue weighted by atomic mass is 10.2. The highest BCUT2D eigenvalue weighted by molar-refractivity contribution is 7.80. The number of halogens is 1. The van der Waals surface area contributed by atoms with E-state index in [9.17, 15) is 0 Å². The van der Waals surface area contributed by atoms with Gasteiger partial charge in [0.05, 0.1) is 18.8 Å². The lowest BCUT2D eigenvalue weighted by Gasteiger charge is -2.08. The Labute approximate surface area is 150 Å². The van der Waals surface area contributed by atoms with Gasteiger partial charge in [-0.2, -0.15) is 10.2 Å². The van der Waals surface area contributed by atoms with Gasteiger partial charge in [-0.1, -0.05) is 23.7 Å². The van der Waals surface area contributed by atoms with Crippen LogP contribution in [0.3, 0.4) is 0 Å². The van der Waals surface area contributed by atoms with Crippen molar-refractivity contribution in [2.45, 2.75) is 13.1 Å². The molecule has 2 aromatic heterocycles. The van der Waals surface area contributed by atoms with E-state index in [2.05, 4.69) is 20.8 Å². The first-order valence-corrected chi connectivity index (χ1v) is 8.18. The normalized spacial score (nSPS) is 10.6. The van der Waals surface area contributed by atoms with Crippen molar-refractivity contribution in [2.75, 3.05) is 5.32 Å².